The lowest BCUT2D eigenvalue weighted by Gasteiger charge is -2.26. The Hall–Kier alpha value is -4.12. The Kier molecular flexibility index (Phi) is 5.65. The zero-order valence-corrected chi connectivity index (χ0v) is 17.1. The number of hydrogen-bond acceptors (Lipinski definition) is 7. The number of non-ortho nitro benzene ring substituents is 1. The van der Waals surface area contributed by atoms with Crippen LogP contribution in [0.4, 0.5) is 11.4 Å². The summed E-state index contributed by atoms with van der Waals surface area (Å²) >= 11 is 0. The number of fused-ring (bicyclic) bond motifs is 1. The largest absolute Gasteiger partial charge is 0.385 e. The van der Waals surface area contributed by atoms with E-state index in [1.54, 1.807) is 36.3 Å². The minimum atomic E-state index is -0.774. The normalized spacial score (nSPS) is 15.1. The van der Waals surface area contributed by atoms with Crippen LogP contribution in [0.1, 0.15) is 34.1 Å². The monoisotopic (exact) mass is 437 g/mol. The number of H-pyrrole nitrogens is 1. The third-order valence-electron chi connectivity index (χ3n) is 5.37. The molecule has 0 saturated carbocycles. The smallest absolute Gasteiger partial charge is 0.275 e. The third kappa shape index (κ3) is 3.58. The van der Waals surface area contributed by atoms with E-state index in [1.807, 2.05) is 0 Å². The van der Waals surface area contributed by atoms with Gasteiger partial charge in [-0.1, -0.05) is 24.3 Å². The number of carbonyl (C=O) groups excluding carboxylic acids is 1. The molecule has 0 saturated heterocycles. The van der Waals surface area contributed by atoms with Gasteiger partial charge in [-0.2, -0.15) is 5.10 Å². The van der Waals surface area contributed by atoms with Crippen LogP contribution in [0.25, 0.3) is 11.3 Å². The zero-order valence-electron chi connectivity index (χ0n) is 17.1. The molecule has 1 N–H and O–H groups in total. The molecule has 0 radical (unpaired) electrons. The van der Waals surface area contributed by atoms with Crippen LogP contribution in [0, 0.1) is 20.2 Å². The quantitative estimate of drug-likeness (QED) is 0.323. The number of benzene rings is 2. The van der Waals surface area contributed by atoms with Crippen LogP contribution in [0.15, 0.2) is 48.5 Å². The van der Waals surface area contributed by atoms with E-state index in [1.165, 1.54) is 24.3 Å². The molecule has 1 amide bonds. The molecule has 2 heterocycles. The number of nitro groups is 2. The van der Waals surface area contributed by atoms with Crippen LogP contribution >= 0.6 is 0 Å². The Labute approximate surface area is 181 Å². The number of nitrogens with zero attached hydrogens (tertiary/aromatic N) is 4. The molecule has 1 aliphatic heterocycles. The first-order valence-electron chi connectivity index (χ1n) is 9.80. The molecule has 2 aromatic carbocycles. The molecule has 1 aromatic heterocycles. The van der Waals surface area contributed by atoms with Crippen molar-refractivity contribution in [3.63, 3.8) is 0 Å². The summed E-state index contributed by atoms with van der Waals surface area (Å²) in [6, 6.07) is 11.4. The summed E-state index contributed by atoms with van der Waals surface area (Å²) in [7, 11) is 1.55. The first-order valence-corrected chi connectivity index (χ1v) is 9.80. The molecule has 11 heteroatoms. The van der Waals surface area contributed by atoms with E-state index in [4.69, 9.17) is 4.74 Å². The first kappa shape index (κ1) is 21.1. The summed E-state index contributed by atoms with van der Waals surface area (Å²) in [6.45, 7) is 0.720. The Balaban J connectivity index is 1.89. The molecule has 0 fully saturated rings. The van der Waals surface area contributed by atoms with Gasteiger partial charge in [-0.15, -0.1) is 0 Å². The van der Waals surface area contributed by atoms with Gasteiger partial charge in [0.25, 0.3) is 17.3 Å². The number of aromatic nitrogens is 2. The summed E-state index contributed by atoms with van der Waals surface area (Å²) in [4.78, 5) is 36.7. The third-order valence-corrected chi connectivity index (χ3v) is 5.37. The molecule has 1 aliphatic rings. The average Bonchev–Trinajstić information content (AvgIpc) is 3.33. The number of methoxy groups -OCH3 is 1. The maximum absolute atomic E-state index is 13.2. The zero-order chi connectivity index (χ0) is 22.8. The molecule has 164 valence electrons. The number of nitrogens with one attached hydrogen (secondary N) is 1. The van der Waals surface area contributed by atoms with Gasteiger partial charge in [-0.3, -0.25) is 30.1 Å². The van der Waals surface area contributed by atoms with Crippen LogP contribution < -0.4 is 0 Å². The fourth-order valence-corrected chi connectivity index (χ4v) is 4.00. The minimum absolute atomic E-state index is 0.122. The van der Waals surface area contributed by atoms with Crippen molar-refractivity contribution in [1.29, 1.82) is 0 Å². The summed E-state index contributed by atoms with van der Waals surface area (Å²) in [6.07, 6.45) is 0.531. The summed E-state index contributed by atoms with van der Waals surface area (Å²) in [5.74, 6) is -0.344. The van der Waals surface area contributed by atoms with Crippen LogP contribution in [0.3, 0.4) is 0 Å². The van der Waals surface area contributed by atoms with E-state index in [-0.39, 0.29) is 23.0 Å². The highest BCUT2D eigenvalue weighted by Gasteiger charge is 2.44. The van der Waals surface area contributed by atoms with Gasteiger partial charge < -0.3 is 9.64 Å². The van der Waals surface area contributed by atoms with Gasteiger partial charge in [0.15, 0.2) is 0 Å². The van der Waals surface area contributed by atoms with Crippen molar-refractivity contribution in [2.24, 2.45) is 0 Å². The number of ether oxygens (including phenoxy) is 1. The molecule has 0 spiro atoms. The molecule has 4 rings (SSSR count). The highest BCUT2D eigenvalue weighted by atomic mass is 16.6. The topological polar surface area (TPSA) is 144 Å². The van der Waals surface area contributed by atoms with Gasteiger partial charge in [0.1, 0.15) is 5.69 Å². The van der Waals surface area contributed by atoms with Gasteiger partial charge in [-0.05, 0) is 12.5 Å². The Morgan fingerprint density at radius 2 is 1.91 bits per heavy atom. The van der Waals surface area contributed by atoms with Crippen molar-refractivity contribution >= 4 is 17.3 Å². The van der Waals surface area contributed by atoms with Crippen LogP contribution in [-0.4, -0.2) is 51.1 Å². The van der Waals surface area contributed by atoms with Crippen molar-refractivity contribution in [2.75, 3.05) is 20.3 Å². The Morgan fingerprint density at radius 1 is 1.12 bits per heavy atom. The highest BCUT2D eigenvalue weighted by Crippen LogP contribution is 2.45. The molecule has 1 atom stereocenters. The predicted molar refractivity (Wildman–Crippen MR) is 113 cm³/mol. The van der Waals surface area contributed by atoms with Crippen LogP contribution in [-0.2, 0) is 4.74 Å². The second-order valence-corrected chi connectivity index (χ2v) is 7.23. The maximum atomic E-state index is 13.2. The molecule has 32 heavy (non-hydrogen) atoms. The standard InChI is InChI=1S/C21H19N5O6/c1-32-11-5-10-24-20(15-8-2-3-9-16(15)26(30)31)17-18(22-23-19(17)21(24)27)13-6-4-7-14(12-13)25(28)29/h2-4,6-9,12,20H,5,10-11H2,1H3,(H,22,23). The fraction of sp³-hybridized carbons (Fsp3) is 0.238. The molecule has 0 bridgehead atoms. The SMILES string of the molecule is COCCCN1C(=O)c2[nH]nc(-c3cccc([N+](=O)[O-])c3)c2C1c1ccccc1[N+](=O)[O-]. The fourth-order valence-electron chi connectivity index (χ4n) is 4.00. The molecular weight excluding hydrogens is 418 g/mol. The summed E-state index contributed by atoms with van der Waals surface area (Å²) in [5, 5.41) is 30.0. The van der Waals surface area contributed by atoms with Crippen molar-refractivity contribution in [3.05, 3.63) is 85.6 Å². The van der Waals surface area contributed by atoms with Crippen molar-refractivity contribution in [1.82, 2.24) is 15.1 Å². The summed E-state index contributed by atoms with van der Waals surface area (Å²) < 4.78 is 5.10. The van der Waals surface area contributed by atoms with E-state index in [2.05, 4.69) is 10.2 Å². The molecule has 3 aromatic rings. The van der Waals surface area contributed by atoms with Gasteiger partial charge >= 0.3 is 0 Å². The first-order chi connectivity index (χ1) is 15.4. The van der Waals surface area contributed by atoms with Gasteiger partial charge in [-0.25, -0.2) is 0 Å². The van der Waals surface area contributed by atoms with E-state index >= 15 is 0 Å². The van der Waals surface area contributed by atoms with Crippen LogP contribution in [0.5, 0.6) is 0 Å². The van der Waals surface area contributed by atoms with E-state index in [9.17, 15) is 25.0 Å². The Morgan fingerprint density at radius 3 is 2.62 bits per heavy atom. The maximum Gasteiger partial charge on any atom is 0.275 e. The number of aromatic amines is 1. The lowest BCUT2D eigenvalue weighted by atomic mass is 9.94. The number of nitro benzene ring substituents is 2. The average molecular weight is 437 g/mol. The Bertz CT molecular complexity index is 1210. The van der Waals surface area contributed by atoms with E-state index in [0.29, 0.717) is 42.0 Å². The molecule has 11 nitrogen and oxygen atoms in total. The molecule has 1 unspecified atom stereocenters. The van der Waals surface area contributed by atoms with Crippen molar-refractivity contribution in [2.45, 2.75) is 12.5 Å². The number of hydrogen-bond donors (Lipinski definition) is 1. The summed E-state index contributed by atoms with van der Waals surface area (Å²) in [5.41, 5.74) is 1.55. The number of amides is 1. The second-order valence-electron chi connectivity index (χ2n) is 7.23. The second kappa shape index (κ2) is 8.55. The van der Waals surface area contributed by atoms with Crippen molar-refractivity contribution in [3.8, 4) is 11.3 Å². The van der Waals surface area contributed by atoms with Crippen molar-refractivity contribution < 1.29 is 19.4 Å². The van der Waals surface area contributed by atoms with E-state index < -0.39 is 15.9 Å². The lowest BCUT2D eigenvalue weighted by Crippen LogP contribution is -2.31. The van der Waals surface area contributed by atoms with Crippen LogP contribution in [0.2, 0.25) is 0 Å². The molecular formula is C21H19N5O6. The number of rotatable bonds is 8. The number of para-hydroxylation sites is 1. The minimum Gasteiger partial charge on any atom is -0.385 e. The lowest BCUT2D eigenvalue weighted by molar-refractivity contribution is -0.385. The van der Waals surface area contributed by atoms with Gasteiger partial charge in [0.2, 0.25) is 0 Å². The van der Waals surface area contributed by atoms with Gasteiger partial charge in [0, 0.05) is 49.6 Å². The predicted octanol–water partition coefficient (Wildman–Crippen LogP) is 3.47. The van der Waals surface area contributed by atoms with E-state index in [0.717, 1.165) is 0 Å². The molecule has 0 aliphatic carbocycles. The highest BCUT2D eigenvalue weighted by molar-refractivity contribution is 6.00. The van der Waals surface area contributed by atoms with Gasteiger partial charge in [0.05, 0.1) is 27.1 Å². The number of carbonyl (C=O) groups is 1.